The number of aromatic hydroxyl groups is 1. The molecule has 68 valence electrons. The summed E-state index contributed by atoms with van der Waals surface area (Å²) >= 11 is 0. The monoisotopic (exact) mass is 167 g/mol. The standard InChI is InChI=1S/C8H10O.C2H7N/c1-2-7-3-5-8(9)6-4-7;1-3-2/h3-6,9H,2H2,1H3;3H,1-2H3. The van der Waals surface area contributed by atoms with Crippen molar-refractivity contribution < 1.29 is 5.11 Å². The van der Waals surface area contributed by atoms with E-state index in [0.717, 1.165) is 6.42 Å². The Morgan fingerprint density at radius 1 is 1.17 bits per heavy atom. The van der Waals surface area contributed by atoms with E-state index in [0.29, 0.717) is 5.75 Å². The average Bonchev–Trinajstić information content (AvgIpc) is 2.07. The zero-order valence-corrected chi connectivity index (χ0v) is 7.96. The van der Waals surface area contributed by atoms with Crippen LogP contribution in [0.15, 0.2) is 24.3 Å². The van der Waals surface area contributed by atoms with Gasteiger partial charge in [-0.05, 0) is 38.2 Å². The fourth-order valence-corrected chi connectivity index (χ4v) is 0.732. The summed E-state index contributed by atoms with van der Waals surface area (Å²) in [4.78, 5) is 0. The van der Waals surface area contributed by atoms with E-state index in [-0.39, 0.29) is 0 Å². The summed E-state index contributed by atoms with van der Waals surface area (Å²) in [6.07, 6.45) is 1.03. The van der Waals surface area contributed by atoms with Crippen LogP contribution in [0.25, 0.3) is 0 Å². The number of hydrogen-bond donors (Lipinski definition) is 2. The summed E-state index contributed by atoms with van der Waals surface area (Å²) in [5.74, 6) is 0.340. The summed E-state index contributed by atoms with van der Waals surface area (Å²) in [6.45, 7) is 2.09. The number of benzene rings is 1. The van der Waals surface area contributed by atoms with Crippen molar-refractivity contribution in [2.75, 3.05) is 14.1 Å². The first-order valence-electron chi connectivity index (χ1n) is 4.11. The van der Waals surface area contributed by atoms with Crippen molar-refractivity contribution in [2.24, 2.45) is 0 Å². The molecule has 0 aliphatic carbocycles. The molecule has 0 amide bonds. The fraction of sp³-hybridized carbons (Fsp3) is 0.400. The topological polar surface area (TPSA) is 32.3 Å². The Hall–Kier alpha value is -1.02. The van der Waals surface area contributed by atoms with Gasteiger partial charge < -0.3 is 10.4 Å². The largest absolute Gasteiger partial charge is 0.508 e. The highest BCUT2D eigenvalue weighted by molar-refractivity contribution is 5.25. The van der Waals surface area contributed by atoms with Gasteiger partial charge in [0.25, 0.3) is 0 Å². The first kappa shape index (κ1) is 11.0. The Labute approximate surface area is 74.2 Å². The number of hydrogen-bond acceptors (Lipinski definition) is 2. The molecule has 0 bridgehead atoms. The van der Waals surface area contributed by atoms with Gasteiger partial charge >= 0.3 is 0 Å². The van der Waals surface area contributed by atoms with E-state index in [1.54, 1.807) is 12.1 Å². The molecule has 0 aromatic heterocycles. The van der Waals surface area contributed by atoms with Crippen molar-refractivity contribution in [3.8, 4) is 5.75 Å². The van der Waals surface area contributed by atoms with Gasteiger partial charge in [0, 0.05) is 0 Å². The van der Waals surface area contributed by atoms with E-state index in [9.17, 15) is 0 Å². The molecule has 0 atom stereocenters. The normalized spacial score (nSPS) is 8.58. The summed E-state index contributed by atoms with van der Waals surface area (Å²) in [5.41, 5.74) is 1.26. The van der Waals surface area contributed by atoms with Crippen LogP contribution in [0.2, 0.25) is 0 Å². The second kappa shape index (κ2) is 6.68. The quantitative estimate of drug-likeness (QED) is 0.668. The molecule has 0 aliphatic rings. The van der Waals surface area contributed by atoms with Crippen LogP contribution >= 0.6 is 0 Å². The number of rotatable bonds is 1. The Balaban J connectivity index is 0.000000354. The van der Waals surface area contributed by atoms with Crippen LogP contribution in [-0.2, 0) is 6.42 Å². The SMILES string of the molecule is CCc1ccc(O)cc1.CNC. The Morgan fingerprint density at radius 3 is 1.92 bits per heavy atom. The van der Waals surface area contributed by atoms with Gasteiger partial charge in [0.1, 0.15) is 5.75 Å². The first-order valence-corrected chi connectivity index (χ1v) is 4.11. The van der Waals surface area contributed by atoms with Crippen molar-refractivity contribution in [2.45, 2.75) is 13.3 Å². The molecule has 1 aromatic carbocycles. The lowest BCUT2D eigenvalue weighted by Crippen LogP contribution is -1.89. The Morgan fingerprint density at radius 2 is 1.58 bits per heavy atom. The number of nitrogens with one attached hydrogen (secondary N) is 1. The molecule has 0 saturated carbocycles. The Kier molecular flexibility index (Phi) is 6.11. The lowest BCUT2D eigenvalue weighted by atomic mass is 10.2. The highest BCUT2D eigenvalue weighted by atomic mass is 16.3. The van der Waals surface area contributed by atoms with Gasteiger partial charge in [0.05, 0.1) is 0 Å². The van der Waals surface area contributed by atoms with Gasteiger partial charge in [-0.3, -0.25) is 0 Å². The smallest absolute Gasteiger partial charge is 0.115 e. The molecule has 2 N–H and O–H groups in total. The van der Waals surface area contributed by atoms with Crippen LogP contribution in [0.1, 0.15) is 12.5 Å². The highest BCUT2D eigenvalue weighted by Gasteiger charge is 1.86. The molecule has 1 aromatic rings. The van der Waals surface area contributed by atoms with E-state index < -0.39 is 0 Å². The summed E-state index contributed by atoms with van der Waals surface area (Å²) in [7, 11) is 3.75. The van der Waals surface area contributed by atoms with E-state index in [4.69, 9.17) is 5.11 Å². The second-order valence-corrected chi connectivity index (χ2v) is 2.52. The maximum atomic E-state index is 8.85. The first-order chi connectivity index (χ1) is 5.74. The molecule has 0 saturated heterocycles. The van der Waals surface area contributed by atoms with E-state index in [1.807, 2.05) is 26.2 Å². The van der Waals surface area contributed by atoms with Crippen LogP contribution in [0.3, 0.4) is 0 Å². The van der Waals surface area contributed by atoms with E-state index >= 15 is 0 Å². The third-order valence-corrected chi connectivity index (χ3v) is 1.34. The molecule has 0 heterocycles. The zero-order chi connectivity index (χ0) is 9.40. The molecule has 0 fully saturated rings. The molecule has 2 nitrogen and oxygen atoms in total. The predicted octanol–water partition coefficient (Wildman–Crippen LogP) is 1.79. The fourth-order valence-electron chi connectivity index (χ4n) is 0.732. The molecule has 0 unspecified atom stereocenters. The molecule has 2 heteroatoms. The lowest BCUT2D eigenvalue weighted by Gasteiger charge is -1.93. The molecule has 1 rings (SSSR count). The van der Waals surface area contributed by atoms with Gasteiger partial charge in [-0.15, -0.1) is 0 Å². The van der Waals surface area contributed by atoms with Crippen molar-refractivity contribution in [1.82, 2.24) is 5.32 Å². The maximum absolute atomic E-state index is 8.85. The lowest BCUT2D eigenvalue weighted by molar-refractivity contribution is 0.475. The van der Waals surface area contributed by atoms with Crippen LogP contribution < -0.4 is 5.32 Å². The predicted molar refractivity (Wildman–Crippen MR) is 52.5 cm³/mol. The van der Waals surface area contributed by atoms with Crippen molar-refractivity contribution >= 4 is 0 Å². The van der Waals surface area contributed by atoms with Gasteiger partial charge in [-0.1, -0.05) is 19.1 Å². The summed E-state index contributed by atoms with van der Waals surface area (Å²) in [5, 5.41) is 11.6. The third kappa shape index (κ3) is 4.74. The van der Waals surface area contributed by atoms with Crippen LogP contribution in [0.4, 0.5) is 0 Å². The number of aryl methyl sites for hydroxylation is 1. The van der Waals surface area contributed by atoms with Gasteiger partial charge in [-0.2, -0.15) is 0 Å². The average molecular weight is 167 g/mol. The van der Waals surface area contributed by atoms with Crippen LogP contribution in [-0.4, -0.2) is 19.2 Å². The Bertz CT molecular complexity index is 193. The second-order valence-electron chi connectivity index (χ2n) is 2.52. The maximum Gasteiger partial charge on any atom is 0.115 e. The van der Waals surface area contributed by atoms with E-state index in [1.165, 1.54) is 5.56 Å². The molecule has 0 radical (unpaired) electrons. The molecule has 12 heavy (non-hydrogen) atoms. The van der Waals surface area contributed by atoms with Crippen molar-refractivity contribution in [3.63, 3.8) is 0 Å². The van der Waals surface area contributed by atoms with E-state index in [2.05, 4.69) is 12.2 Å². The minimum atomic E-state index is 0.340. The molecular weight excluding hydrogens is 150 g/mol. The zero-order valence-electron chi connectivity index (χ0n) is 7.96. The summed E-state index contributed by atoms with van der Waals surface area (Å²) < 4.78 is 0. The molecule has 0 aliphatic heterocycles. The van der Waals surface area contributed by atoms with Crippen LogP contribution in [0, 0.1) is 0 Å². The number of phenols is 1. The molecular formula is C10H17NO. The van der Waals surface area contributed by atoms with Gasteiger partial charge in [-0.25, -0.2) is 0 Å². The number of phenolic OH excluding ortho intramolecular Hbond substituents is 1. The van der Waals surface area contributed by atoms with Crippen LogP contribution in [0.5, 0.6) is 5.75 Å². The minimum absolute atomic E-state index is 0.340. The van der Waals surface area contributed by atoms with Gasteiger partial charge in [0.15, 0.2) is 0 Å². The molecule has 0 spiro atoms. The minimum Gasteiger partial charge on any atom is -0.508 e. The van der Waals surface area contributed by atoms with Crippen molar-refractivity contribution in [3.05, 3.63) is 29.8 Å². The van der Waals surface area contributed by atoms with Crippen molar-refractivity contribution in [1.29, 1.82) is 0 Å². The third-order valence-electron chi connectivity index (χ3n) is 1.34. The highest BCUT2D eigenvalue weighted by Crippen LogP contribution is 2.09. The summed E-state index contributed by atoms with van der Waals surface area (Å²) in [6, 6.07) is 7.27. The van der Waals surface area contributed by atoms with Gasteiger partial charge in [0.2, 0.25) is 0 Å².